The van der Waals surface area contributed by atoms with Crippen molar-refractivity contribution >= 4 is 0 Å². The lowest BCUT2D eigenvalue weighted by Crippen LogP contribution is -2.53. The van der Waals surface area contributed by atoms with Crippen LogP contribution in [0, 0.1) is 5.92 Å². The molecule has 1 aromatic rings. The number of rotatable bonds is 2. The highest BCUT2D eigenvalue weighted by Crippen LogP contribution is 2.26. The summed E-state index contributed by atoms with van der Waals surface area (Å²) in [6.45, 7) is 6.60. The van der Waals surface area contributed by atoms with E-state index < -0.39 is 0 Å². The smallest absolute Gasteiger partial charge is 0.122 e. The van der Waals surface area contributed by atoms with E-state index in [1.54, 1.807) is 6.26 Å². The lowest BCUT2D eigenvalue weighted by molar-refractivity contribution is 0.0851. The molecule has 1 aromatic heterocycles. The Kier molecular flexibility index (Phi) is 3.12. The molecule has 1 aliphatic heterocycles. The topological polar surface area (TPSA) is 28.4 Å². The average Bonchev–Trinajstić information content (AvgIpc) is 2.70. The van der Waals surface area contributed by atoms with Crippen LogP contribution in [0.5, 0.6) is 0 Å². The van der Waals surface area contributed by atoms with E-state index in [-0.39, 0.29) is 0 Å². The van der Waals surface area contributed by atoms with E-state index in [9.17, 15) is 0 Å². The van der Waals surface area contributed by atoms with Gasteiger partial charge in [-0.25, -0.2) is 0 Å². The van der Waals surface area contributed by atoms with Crippen molar-refractivity contribution in [1.82, 2.24) is 10.2 Å². The van der Waals surface area contributed by atoms with Crippen LogP contribution in [0.25, 0.3) is 0 Å². The largest absolute Gasteiger partial charge is 0.468 e. The summed E-state index contributed by atoms with van der Waals surface area (Å²) in [6, 6.07) is 4.99. The molecule has 1 aliphatic rings. The van der Waals surface area contributed by atoms with Crippen molar-refractivity contribution in [2.24, 2.45) is 5.92 Å². The van der Waals surface area contributed by atoms with Gasteiger partial charge in [-0.2, -0.15) is 0 Å². The van der Waals surface area contributed by atoms with Gasteiger partial charge in [-0.1, -0.05) is 13.8 Å². The zero-order valence-electron chi connectivity index (χ0n) is 9.73. The van der Waals surface area contributed by atoms with Crippen LogP contribution >= 0.6 is 0 Å². The monoisotopic (exact) mass is 208 g/mol. The van der Waals surface area contributed by atoms with Crippen molar-refractivity contribution in [3.8, 4) is 0 Å². The Morgan fingerprint density at radius 3 is 2.87 bits per heavy atom. The third kappa shape index (κ3) is 2.08. The molecule has 0 radical (unpaired) electrons. The molecule has 0 bridgehead atoms. The van der Waals surface area contributed by atoms with Crippen LogP contribution in [0.2, 0.25) is 0 Å². The third-order valence-electron chi connectivity index (χ3n) is 3.35. The first kappa shape index (κ1) is 10.7. The van der Waals surface area contributed by atoms with Gasteiger partial charge in [-0.15, -0.1) is 0 Å². The Morgan fingerprint density at radius 2 is 2.27 bits per heavy atom. The van der Waals surface area contributed by atoms with Crippen molar-refractivity contribution in [2.45, 2.75) is 25.9 Å². The van der Waals surface area contributed by atoms with Crippen molar-refractivity contribution in [3.63, 3.8) is 0 Å². The van der Waals surface area contributed by atoms with Gasteiger partial charge in [0, 0.05) is 19.1 Å². The van der Waals surface area contributed by atoms with Crippen LogP contribution in [-0.4, -0.2) is 31.1 Å². The van der Waals surface area contributed by atoms with E-state index in [1.807, 2.05) is 6.07 Å². The number of nitrogens with one attached hydrogen (secondary N) is 1. The molecule has 1 saturated heterocycles. The predicted molar refractivity (Wildman–Crippen MR) is 60.7 cm³/mol. The highest BCUT2D eigenvalue weighted by molar-refractivity contribution is 5.07. The van der Waals surface area contributed by atoms with Gasteiger partial charge >= 0.3 is 0 Å². The zero-order chi connectivity index (χ0) is 10.8. The van der Waals surface area contributed by atoms with Crippen molar-refractivity contribution in [1.29, 1.82) is 0 Å². The van der Waals surface area contributed by atoms with E-state index in [0.29, 0.717) is 18.0 Å². The molecule has 0 spiro atoms. The Balaban J connectivity index is 2.13. The van der Waals surface area contributed by atoms with Crippen LogP contribution in [-0.2, 0) is 0 Å². The molecule has 15 heavy (non-hydrogen) atoms. The maximum absolute atomic E-state index is 5.49. The number of nitrogens with zero attached hydrogens (tertiary/aromatic N) is 1. The first-order valence-corrected chi connectivity index (χ1v) is 5.66. The lowest BCUT2D eigenvalue weighted by atomic mass is 9.97. The molecule has 0 aliphatic carbocycles. The zero-order valence-corrected chi connectivity index (χ0v) is 9.73. The molecule has 0 amide bonds. The molecule has 2 heterocycles. The quantitative estimate of drug-likeness (QED) is 0.804. The Labute approximate surface area is 91.4 Å². The van der Waals surface area contributed by atoms with Gasteiger partial charge in [0.2, 0.25) is 0 Å². The van der Waals surface area contributed by atoms with Crippen LogP contribution < -0.4 is 5.32 Å². The van der Waals surface area contributed by atoms with Crippen LogP contribution in [0.4, 0.5) is 0 Å². The summed E-state index contributed by atoms with van der Waals surface area (Å²) >= 11 is 0. The van der Waals surface area contributed by atoms with Gasteiger partial charge in [0.25, 0.3) is 0 Å². The van der Waals surface area contributed by atoms with Crippen LogP contribution in [0.15, 0.2) is 22.8 Å². The normalized spacial score (nSPS) is 28.5. The van der Waals surface area contributed by atoms with Crippen LogP contribution in [0.3, 0.4) is 0 Å². The summed E-state index contributed by atoms with van der Waals surface area (Å²) in [5.74, 6) is 1.73. The fraction of sp³-hybridized carbons (Fsp3) is 0.667. The van der Waals surface area contributed by atoms with Gasteiger partial charge in [0.05, 0.1) is 12.3 Å². The molecule has 0 saturated carbocycles. The summed E-state index contributed by atoms with van der Waals surface area (Å²) in [5, 5.41) is 3.48. The van der Waals surface area contributed by atoms with Gasteiger partial charge in [0.15, 0.2) is 0 Å². The van der Waals surface area contributed by atoms with Gasteiger partial charge in [-0.05, 0) is 25.1 Å². The van der Waals surface area contributed by atoms with E-state index in [1.165, 1.54) is 0 Å². The molecule has 3 nitrogen and oxygen atoms in total. The summed E-state index contributed by atoms with van der Waals surface area (Å²) in [7, 11) is 2.19. The van der Waals surface area contributed by atoms with E-state index in [2.05, 4.69) is 37.2 Å². The van der Waals surface area contributed by atoms with Crippen molar-refractivity contribution in [3.05, 3.63) is 24.2 Å². The summed E-state index contributed by atoms with van der Waals surface area (Å²) in [4.78, 5) is 2.43. The average molecular weight is 208 g/mol. The second kappa shape index (κ2) is 4.37. The molecular formula is C12H20N2O. The highest BCUT2D eigenvalue weighted by atomic mass is 16.3. The minimum Gasteiger partial charge on any atom is -0.468 e. The number of furan rings is 1. The maximum Gasteiger partial charge on any atom is 0.122 e. The third-order valence-corrected chi connectivity index (χ3v) is 3.35. The fourth-order valence-electron chi connectivity index (χ4n) is 2.38. The molecule has 1 unspecified atom stereocenters. The molecule has 84 valence electrons. The second-order valence-electron chi connectivity index (χ2n) is 4.67. The summed E-state index contributed by atoms with van der Waals surface area (Å²) in [6.07, 6.45) is 1.75. The number of likely N-dealkylation sites (N-methyl/N-ethyl adjacent to an activating group) is 1. The van der Waals surface area contributed by atoms with Gasteiger partial charge in [0.1, 0.15) is 5.76 Å². The molecule has 1 N–H and O–H groups in total. The molecule has 3 heteroatoms. The maximum atomic E-state index is 5.49. The van der Waals surface area contributed by atoms with Gasteiger partial charge < -0.3 is 9.73 Å². The van der Waals surface area contributed by atoms with E-state index in [0.717, 1.165) is 18.8 Å². The Hall–Kier alpha value is -0.800. The highest BCUT2D eigenvalue weighted by Gasteiger charge is 2.31. The summed E-state index contributed by atoms with van der Waals surface area (Å²) in [5.41, 5.74) is 0. The first-order valence-electron chi connectivity index (χ1n) is 5.66. The molecule has 2 rings (SSSR count). The van der Waals surface area contributed by atoms with Crippen molar-refractivity contribution in [2.75, 3.05) is 20.1 Å². The minimum atomic E-state index is 0.376. The molecule has 2 atom stereocenters. The number of hydrogen-bond donors (Lipinski definition) is 1. The van der Waals surface area contributed by atoms with Crippen LogP contribution in [0.1, 0.15) is 25.6 Å². The predicted octanol–water partition coefficient (Wildman–Crippen LogP) is 1.88. The second-order valence-corrected chi connectivity index (χ2v) is 4.67. The van der Waals surface area contributed by atoms with Crippen molar-refractivity contribution < 1.29 is 4.42 Å². The summed E-state index contributed by atoms with van der Waals surface area (Å²) < 4.78 is 5.49. The molecule has 0 aromatic carbocycles. The Morgan fingerprint density at radius 1 is 1.47 bits per heavy atom. The molecular weight excluding hydrogens is 188 g/mol. The van der Waals surface area contributed by atoms with E-state index >= 15 is 0 Å². The number of hydrogen-bond acceptors (Lipinski definition) is 3. The molecule has 1 fully saturated rings. The fourth-order valence-corrected chi connectivity index (χ4v) is 2.38. The number of piperazine rings is 1. The first-order chi connectivity index (χ1) is 7.20. The minimum absolute atomic E-state index is 0.376. The standard InChI is InChI=1S/C12H20N2O/c1-9(2)10-7-13-8-11(14(10)3)12-5-4-6-15-12/h4-6,9-11,13H,7-8H2,1-3H3/t10-,11?/m1/s1. The lowest BCUT2D eigenvalue weighted by Gasteiger charge is -2.41. The SMILES string of the molecule is CC(C)[C@H]1CNCC(c2ccco2)N1C. The Bertz CT molecular complexity index is 295. The van der Waals surface area contributed by atoms with E-state index in [4.69, 9.17) is 4.42 Å². The van der Waals surface area contributed by atoms with Gasteiger partial charge in [-0.3, -0.25) is 4.90 Å².